The van der Waals surface area contributed by atoms with Crippen LogP contribution in [-0.4, -0.2) is 39.3 Å². The predicted molar refractivity (Wildman–Crippen MR) is 111 cm³/mol. The molecule has 6 heteroatoms. The van der Waals surface area contributed by atoms with Crippen LogP contribution in [0, 0.1) is 6.92 Å². The molecule has 0 radical (unpaired) electrons. The van der Waals surface area contributed by atoms with Crippen molar-refractivity contribution < 1.29 is 9.59 Å². The number of rotatable bonds is 4. The second-order valence-electron chi connectivity index (χ2n) is 7.19. The first-order valence-electron chi connectivity index (χ1n) is 9.67. The Kier molecular flexibility index (Phi) is 5.33. The van der Waals surface area contributed by atoms with Gasteiger partial charge in [-0.3, -0.25) is 14.6 Å². The number of aryl methyl sites for hydroxylation is 1. The lowest BCUT2D eigenvalue weighted by Gasteiger charge is -2.23. The molecule has 146 valence electrons. The number of nitrogens with zero attached hydrogens (tertiary/aromatic N) is 3. The maximum Gasteiger partial charge on any atom is 0.274 e. The summed E-state index contributed by atoms with van der Waals surface area (Å²) in [5, 5.41) is 2.98. The number of aromatic nitrogens is 2. The smallest absolute Gasteiger partial charge is 0.274 e. The van der Waals surface area contributed by atoms with Gasteiger partial charge in [-0.15, -0.1) is 0 Å². The fraction of sp³-hybridized carbons (Fsp3) is 0.217. The zero-order valence-corrected chi connectivity index (χ0v) is 16.2. The van der Waals surface area contributed by atoms with Gasteiger partial charge >= 0.3 is 0 Å². The molecule has 6 nitrogen and oxygen atoms in total. The van der Waals surface area contributed by atoms with Crippen molar-refractivity contribution in [2.24, 2.45) is 0 Å². The SMILES string of the molecule is Cc1cccc(-c2cccc(NC(=O)[C@@H]3CCCN3C(=O)c3cnccn3)c2)c1. The van der Waals surface area contributed by atoms with Crippen LogP contribution >= 0.6 is 0 Å². The molecule has 1 atom stereocenters. The number of nitrogens with one attached hydrogen (secondary N) is 1. The van der Waals surface area contributed by atoms with Crippen LogP contribution in [0.1, 0.15) is 28.9 Å². The summed E-state index contributed by atoms with van der Waals surface area (Å²) < 4.78 is 0. The molecule has 1 saturated heterocycles. The third kappa shape index (κ3) is 4.16. The molecule has 29 heavy (non-hydrogen) atoms. The van der Waals surface area contributed by atoms with Gasteiger partial charge in [-0.1, -0.05) is 42.0 Å². The summed E-state index contributed by atoms with van der Waals surface area (Å²) in [6.45, 7) is 2.59. The van der Waals surface area contributed by atoms with Crippen LogP contribution in [0.3, 0.4) is 0 Å². The zero-order chi connectivity index (χ0) is 20.2. The van der Waals surface area contributed by atoms with Gasteiger partial charge in [0.2, 0.25) is 5.91 Å². The fourth-order valence-electron chi connectivity index (χ4n) is 3.67. The van der Waals surface area contributed by atoms with E-state index in [1.807, 2.05) is 36.4 Å². The highest BCUT2D eigenvalue weighted by atomic mass is 16.2. The summed E-state index contributed by atoms with van der Waals surface area (Å²) in [7, 11) is 0. The summed E-state index contributed by atoms with van der Waals surface area (Å²) in [4.78, 5) is 35.3. The standard InChI is InChI=1S/C23H22N4O2/c1-16-5-2-6-17(13-16)18-7-3-8-19(14-18)26-22(28)21-9-4-12-27(21)23(29)20-15-24-10-11-25-20/h2-3,5-8,10-11,13-15,21H,4,9,12H2,1H3,(H,26,28)/t21-/m0/s1. The van der Waals surface area contributed by atoms with Crippen molar-refractivity contribution in [2.45, 2.75) is 25.8 Å². The Labute approximate surface area is 169 Å². The number of likely N-dealkylation sites (tertiary alicyclic amines) is 1. The van der Waals surface area contributed by atoms with Crippen LogP contribution in [0.15, 0.2) is 67.1 Å². The van der Waals surface area contributed by atoms with Crippen molar-refractivity contribution in [2.75, 3.05) is 11.9 Å². The molecule has 0 unspecified atom stereocenters. The number of amides is 2. The molecule has 2 amide bonds. The highest BCUT2D eigenvalue weighted by Crippen LogP contribution is 2.25. The van der Waals surface area contributed by atoms with Crippen LogP contribution in [0.5, 0.6) is 0 Å². The molecule has 1 fully saturated rings. The molecule has 1 aliphatic rings. The minimum Gasteiger partial charge on any atom is -0.325 e. The molecule has 4 rings (SSSR count). The molecule has 0 saturated carbocycles. The molecule has 1 aliphatic heterocycles. The van der Waals surface area contributed by atoms with Crippen LogP contribution in [0.4, 0.5) is 5.69 Å². The maximum absolute atomic E-state index is 12.9. The van der Waals surface area contributed by atoms with Gasteiger partial charge < -0.3 is 10.2 Å². The summed E-state index contributed by atoms with van der Waals surface area (Å²) >= 11 is 0. The van der Waals surface area contributed by atoms with E-state index in [4.69, 9.17) is 0 Å². The van der Waals surface area contributed by atoms with Crippen LogP contribution < -0.4 is 5.32 Å². The normalized spacial score (nSPS) is 15.9. The summed E-state index contributed by atoms with van der Waals surface area (Å²) in [5.41, 5.74) is 4.29. The van der Waals surface area contributed by atoms with Gasteiger partial charge in [0.15, 0.2) is 0 Å². The maximum atomic E-state index is 12.9. The number of carbonyl (C=O) groups is 2. The minimum atomic E-state index is -0.507. The molecule has 2 aromatic carbocycles. The van der Waals surface area contributed by atoms with E-state index in [1.54, 1.807) is 4.90 Å². The van der Waals surface area contributed by atoms with Gasteiger partial charge in [-0.05, 0) is 43.0 Å². The third-order valence-electron chi connectivity index (χ3n) is 5.08. The Bertz CT molecular complexity index is 1040. The topological polar surface area (TPSA) is 75.2 Å². The van der Waals surface area contributed by atoms with Crippen LogP contribution in [0.2, 0.25) is 0 Å². The van der Waals surface area contributed by atoms with E-state index in [0.29, 0.717) is 18.7 Å². The Morgan fingerprint density at radius 2 is 1.86 bits per heavy atom. The lowest BCUT2D eigenvalue weighted by Crippen LogP contribution is -2.43. The van der Waals surface area contributed by atoms with Crippen molar-refractivity contribution >= 4 is 17.5 Å². The van der Waals surface area contributed by atoms with Gasteiger partial charge in [0.1, 0.15) is 11.7 Å². The number of anilines is 1. The Morgan fingerprint density at radius 1 is 1.07 bits per heavy atom. The van der Waals surface area contributed by atoms with Crippen molar-refractivity contribution in [3.8, 4) is 11.1 Å². The van der Waals surface area contributed by atoms with Crippen LogP contribution in [-0.2, 0) is 4.79 Å². The van der Waals surface area contributed by atoms with E-state index >= 15 is 0 Å². The van der Waals surface area contributed by atoms with Crippen LogP contribution in [0.25, 0.3) is 11.1 Å². The van der Waals surface area contributed by atoms with Crippen molar-refractivity contribution in [3.05, 3.63) is 78.4 Å². The van der Waals surface area contributed by atoms with E-state index in [2.05, 4.69) is 34.3 Å². The van der Waals surface area contributed by atoms with Gasteiger partial charge in [0.05, 0.1) is 6.20 Å². The molecule has 0 spiro atoms. The second-order valence-corrected chi connectivity index (χ2v) is 7.19. The Hall–Kier alpha value is -3.54. The molecule has 0 bridgehead atoms. The lowest BCUT2D eigenvalue weighted by molar-refractivity contribution is -0.119. The largest absolute Gasteiger partial charge is 0.325 e. The fourth-order valence-corrected chi connectivity index (χ4v) is 3.67. The molecular weight excluding hydrogens is 364 g/mol. The molecule has 3 aromatic rings. The van der Waals surface area contributed by atoms with Gasteiger partial charge in [0, 0.05) is 24.6 Å². The second kappa shape index (κ2) is 8.22. The summed E-state index contributed by atoms with van der Waals surface area (Å²) in [6.07, 6.45) is 5.85. The van der Waals surface area contributed by atoms with E-state index in [0.717, 1.165) is 17.5 Å². The number of hydrogen-bond acceptors (Lipinski definition) is 4. The predicted octanol–water partition coefficient (Wildman–Crippen LogP) is 3.70. The Morgan fingerprint density at radius 3 is 2.62 bits per heavy atom. The van der Waals surface area contributed by atoms with Gasteiger partial charge in [0.25, 0.3) is 5.91 Å². The molecule has 1 N–H and O–H groups in total. The number of hydrogen-bond donors (Lipinski definition) is 1. The Balaban J connectivity index is 1.50. The van der Waals surface area contributed by atoms with E-state index < -0.39 is 6.04 Å². The number of benzene rings is 2. The first kappa shape index (κ1) is 18.8. The van der Waals surface area contributed by atoms with Crippen molar-refractivity contribution in [1.29, 1.82) is 0 Å². The average Bonchev–Trinajstić information content (AvgIpc) is 3.24. The summed E-state index contributed by atoms with van der Waals surface area (Å²) in [5.74, 6) is -0.439. The quantitative estimate of drug-likeness (QED) is 0.742. The molecule has 0 aliphatic carbocycles. The number of carbonyl (C=O) groups excluding carboxylic acids is 2. The monoisotopic (exact) mass is 386 g/mol. The molecule has 1 aromatic heterocycles. The lowest BCUT2D eigenvalue weighted by atomic mass is 10.0. The van der Waals surface area contributed by atoms with E-state index in [1.165, 1.54) is 24.2 Å². The highest BCUT2D eigenvalue weighted by Gasteiger charge is 2.35. The zero-order valence-electron chi connectivity index (χ0n) is 16.2. The van der Waals surface area contributed by atoms with Crippen molar-refractivity contribution in [3.63, 3.8) is 0 Å². The summed E-state index contributed by atoms with van der Waals surface area (Å²) in [6, 6.07) is 15.5. The highest BCUT2D eigenvalue weighted by molar-refractivity contribution is 6.01. The average molecular weight is 386 g/mol. The first-order valence-corrected chi connectivity index (χ1v) is 9.67. The van der Waals surface area contributed by atoms with E-state index in [-0.39, 0.29) is 17.5 Å². The van der Waals surface area contributed by atoms with Gasteiger partial charge in [-0.2, -0.15) is 0 Å². The molecular formula is C23H22N4O2. The molecule has 2 heterocycles. The first-order chi connectivity index (χ1) is 14.1. The third-order valence-corrected chi connectivity index (χ3v) is 5.08. The van der Waals surface area contributed by atoms with Gasteiger partial charge in [-0.25, -0.2) is 4.98 Å². The van der Waals surface area contributed by atoms with Crippen molar-refractivity contribution in [1.82, 2.24) is 14.9 Å². The van der Waals surface area contributed by atoms with E-state index in [9.17, 15) is 9.59 Å². The minimum absolute atomic E-state index is 0.180.